The number of halogens is 2. The number of aliphatic hydroxyl groups excluding tert-OH is 1. The van der Waals surface area contributed by atoms with E-state index in [-0.39, 0.29) is 4.90 Å². The molecule has 1 aliphatic heterocycles. The van der Waals surface area contributed by atoms with Gasteiger partial charge in [-0.3, -0.25) is 9.69 Å². The van der Waals surface area contributed by atoms with Crippen LogP contribution in [-0.2, 0) is 14.6 Å². The summed E-state index contributed by atoms with van der Waals surface area (Å²) >= 11 is 5.93. The van der Waals surface area contributed by atoms with Crippen molar-refractivity contribution in [3.8, 4) is 0 Å². The first kappa shape index (κ1) is 20.1. The summed E-state index contributed by atoms with van der Waals surface area (Å²) in [4.78, 5) is 13.6. The van der Waals surface area contributed by atoms with E-state index >= 15 is 0 Å². The topological polar surface area (TPSA) is 74.7 Å². The maximum absolute atomic E-state index is 13.5. The van der Waals surface area contributed by atoms with Gasteiger partial charge in [0.15, 0.2) is 5.76 Å². The Hall–Kier alpha value is -3.16. The SMILES string of the molecule is O=C1C(O)=C(S(=O)(=O)c2ccccc2)C(c2ccc(F)cc2)N1c1ccc(Cl)cc1. The van der Waals surface area contributed by atoms with Crippen molar-refractivity contribution in [3.05, 3.63) is 106 Å². The van der Waals surface area contributed by atoms with E-state index < -0.39 is 38.3 Å². The van der Waals surface area contributed by atoms with Gasteiger partial charge in [-0.25, -0.2) is 12.8 Å². The number of aliphatic hydroxyl groups is 1. The van der Waals surface area contributed by atoms with E-state index in [1.165, 1.54) is 36.4 Å². The molecular formula is C22H15ClFNO4S. The molecule has 3 aromatic rings. The molecule has 4 rings (SSSR count). The van der Waals surface area contributed by atoms with Crippen molar-refractivity contribution in [3.63, 3.8) is 0 Å². The van der Waals surface area contributed by atoms with Crippen molar-refractivity contribution in [1.82, 2.24) is 0 Å². The molecule has 1 aliphatic rings. The summed E-state index contributed by atoms with van der Waals surface area (Å²) in [7, 11) is -4.23. The molecule has 0 aliphatic carbocycles. The molecule has 0 bridgehead atoms. The number of hydrogen-bond donors (Lipinski definition) is 1. The molecule has 0 radical (unpaired) electrons. The van der Waals surface area contributed by atoms with Gasteiger partial charge in [-0.15, -0.1) is 0 Å². The molecular weight excluding hydrogens is 429 g/mol. The molecule has 1 atom stereocenters. The summed E-state index contributed by atoms with van der Waals surface area (Å²) in [5.74, 6) is -2.26. The fraction of sp³-hybridized carbons (Fsp3) is 0.0455. The van der Waals surface area contributed by atoms with Gasteiger partial charge < -0.3 is 5.11 Å². The number of carbonyl (C=O) groups excluding carboxylic acids is 1. The van der Waals surface area contributed by atoms with E-state index in [9.17, 15) is 22.7 Å². The van der Waals surface area contributed by atoms with Crippen LogP contribution in [0.4, 0.5) is 10.1 Å². The van der Waals surface area contributed by atoms with Gasteiger partial charge in [-0.1, -0.05) is 41.9 Å². The zero-order chi connectivity index (χ0) is 21.5. The van der Waals surface area contributed by atoms with Crippen LogP contribution in [0.3, 0.4) is 0 Å². The minimum atomic E-state index is -4.23. The number of nitrogens with zero attached hydrogens (tertiary/aromatic N) is 1. The second kappa shape index (κ2) is 7.59. The van der Waals surface area contributed by atoms with Crippen LogP contribution in [0.15, 0.2) is 94.4 Å². The molecule has 5 nitrogen and oxygen atoms in total. The van der Waals surface area contributed by atoms with Crippen molar-refractivity contribution in [2.45, 2.75) is 10.9 Å². The number of rotatable bonds is 4. The Kier molecular flexibility index (Phi) is 5.09. The van der Waals surface area contributed by atoms with Crippen LogP contribution in [0.5, 0.6) is 0 Å². The van der Waals surface area contributed by atoms with Gasteiger partial charge in [0.1, 0.15) is 16.8 Å². The minimum Gasteiger partial charge on any atom is -0.502 e. The molecule has 0 saturated carbocycles. The Morgan fingerprint density at radius 2 is 1.50 bits per heavy atom. The van der Waals surface area contributed by atoms with E-state index in [1.807, 2.05) is 0 Å². The number of benzene rings is 3. The van der Waals surface area contributed by atoms with Crippen LogP contribution >= 0.6 is 11.6 Å². The van der Waals surface area contributed by atoms with Crippen molar-refractivity contribution in [2.24, 2.45) is 0 Å². The molecule has 1 amide bonds. The second-order valence-corrected chi connectivity index (χ2v) is 8.99. The molecule has 0 spiro atoms. The highest BCUT2D eigenvalue weighted by molar-refractivity contribution is 7.95. The quantitative estimate of drug-likeness (QED) is 0.627. The van der Waals surface area contributed by atoms with Crippen LogP contribution in [-0.4, -0.2) is 19.4 Å². The van der Waals surface area contributed by atoms with E-state index in [0.29, 0.717) is 16.3 Å². The molecule has 1 unspecified atom stereocenters. The average molecular weight is 444 g/mol. The van der Waals surface area contributed by atoms with Crippen LogP contribution in [0.1, 0.15) is 11.6 Å². The number of carbonyl (C=O) groups is 1. The lowest BCUT2D eigenvalue weighted by Gasteiger charge is -2.27. The molecule has 8 heteroatoms. The van der Waals surface area contributed by atoms with Crippen molar-refractivity contribution in [1.29, 1.82) is 0 Å². The molecule has 1 N–H and O–H groups in total. The Morgan fingerprint density at radius 3 is 2.10 bits per heavy atom. The number of amides is 1. The average Bonchev–Trinajstić information content (AvgIpc) is 3.01. The van der Waals surface area contributed by atoms with Crippen LogP contribution in [0.2, 0.25) is 5.02 Å². The zero-order valence-electron chi connectivity index (χ0n) is 15.4. The lowest BCUT2D eigenvalue weighted by Crippen LogP contribution is -2.31. The lowest BCUT2D eigenvalue weighted by molar-refractivity contribution is -0.117. The van der Waals surface area contributed by atoms with Gasteiger partial charge in [-0.05, 0) is 54.1 Å². The second-order valence-electron chi connectivity index (χ2n) is 6.64. The molecule has 3 aromatic carbocycles. The van der Waals surface area contributed by atoms with Crippen LogP contribution < -0.4 is 4.90 Å². The van der Waals surface area contributed by atoms with E-state index in [2.05, 4.69) is 0 Å². The number of anilines is 1. The highest BCUT2D eigenvalue weighted by atomic mass is 35.5. The predicted molar refractivity (Wildman–Crippen MR) is 111 cm³/mol. The van der Waals surface area contributed by atoms with Gasteiger partial charge in [0.25, 0.3) is 5.91 Å². The lowest BCUT2D eigenvalue weighted by atomic mass is 10.1. The molecule has 1 heterocycles. The van der Waals surface area contributed by atoms with Crippen molar-refractivity contribution < 1.29 is 22.7 Å². The van der Waals surface area contributed by atoms with Gasteiger partial charge in [0, 0.05) is 10.7 Å². The minimum absolute atomic E-state index is 0.0654. The van der Waals surface area contributed by atoms with E-state index in [0.717, 1.165) is 4.90 Å². The first-order chi connectivity index (χ1) is 14.3. The zero-order valence-corrected chi connectivity index (χ0v) is 16.9. The molecule has 0 saturated heterocycles. The molecule has 0 fully saturated rings. The largest absolute Gasteiger partial charge is 0.502 e. The predicted octanol–water partition coefficient (Wildman–Crippen LogP) is 4.81. The third kappa shape index (κ3) is 3.36. The van der Waals surface area contributed by atoms with E-state index in [4.69, 9.17) is 11.6 Å². The third-order valence-corrected chi connectivity index (χ3v) is 6.94. The standard InChI is InChI=1S/C22H15ClFNO4S/c23-15-8-12-17(13-9-15)25-19(14-6-10-16(24)11-7-14)21(20(26)22(25)27)30(28,29)18-4-2-1-3-5-18/h1-13,19,26H. The summed E-state index contributed by atoms with van der Waals surface area (Å²) in [6.07, 6.45) is 0. The highest BCUT2D eigenvalue weighted by Gasteiger charge is 2.47. The first-order valence-electron chi connectivity index (χ1n) is 8.88. The monoisotopic (exact) mass is 443 g/mol. The maximum Gasteiger partial charge on any atom is 0.295 e. The maximum atomic E-state index is 13.5. The Labute approximate surface area is 177 Å². The first-order valence-corrected chi connectivity index (χ1v) is 10.7. The van der Waals surface area contributed by atoms with Gasteiger partial charge in [-0.2, -0.15) is 0 Å². The van der Waals surface area contributed by atoms with Crippen LogP contribution in [0.25, 0.3) is 0 Å². The third-order valence-electron chi connectivity index (χ3n) is 4.79. The molecule has 30 heavy (non-hydrogen) atoms. The normalized spacial score (nSPS) is 16.9. The Bertz CT molecular complexity index is 1240. The Balaban J connectivity index is 1.94. The van der Waals surface area contributed by atoms with Gasteiger partial charge >= 0.3 is 0 Å². The Morgan fingerprint density at radius 1 is 0.900 bits per heavy atom. The fourth-order valence-electron chi connectivity index (χ4n) is 3.40. The highest BCUT2D eigenvalue weighted by Crippen LogP contribution is 2.44. The smallest absolute Gasteiger partial charge is 0.295 e. The van der Waals surface area contributed by atoms with Crippen molar-refractivity contribution in [2.75, 3.05) is 4.90 Å². The summed E-state index contributed by atoms with van der Waals surface area (Å²) in [5.41, 5.74) is 0.668. The van der Waals surface area contributed by atoms with Crippen molar-refractivity contribution >= 4 is 33.0 Å². The van der Waals surface area contributed by atoms with E-state index in [1.54, 1.807) is 42.5 Å². The molecule has 152 valence electrons. The summed E-state index contributed by atoms with van der Waals surface area (Å²) < 4.78 is 40.3. The summed E-state index contributed by atoms with van der Waals surface area (Å²) in [6, 6.07) is 17.6. The number of sulfone groups is 1. The fourth-order valence-corrected chi connectivity index (χ4v) is 5.17. The van der Waals surface area contributed by atoms with Crippen LogP contribution in [0, 0.1) is 5.82 Å². The summed E-state index contributed by atoms with van der Waals surface area (Å²) in [5, 5.41) is 11.1. The van der Waals surface area contributed by atoms with Gasteiger partial charge in [0.05, 0.1) is 4.90 Å². The number of hydrogen-bond acceptors (Lipinski definition) is 4. The molecule has 0 aromatic heterocycles. The van der Waals surface area contributed by atoms with Gasteiger partial charge in [0.2, 0.25) is 9.84 Å². The summed E-state index contributed by atoms with van der Waals surface area (Å²) in [6.45, 7) is 0.